The van der Waals surface area contributed by atoms with Gasteiger partial charge in [-0.3, -0.25) is 0 Å². The molecule has 0 N–H and O–H groups in total. The third kappa shape index (κ3) is 2.46. The highest BCUT2D eigenvalue weighted by molar-refractivity contribution is 5.26. The first-order valence-corrected chi connectivity index (χ1v) is 4.22. The van der Waals surface area contributed by atoms with E-state index >= 15 is 0 Å². The molecule has 0 heterocycles. The Bertz CT molecular complexity index is 244. The van der Waals surface area contributed by atoms with Crippen molar-refractivity contribution in [1.82, 2.24) is 0 Å². The molecule has 1 aromatic rings. The molecule has 0 bridgehead atoms. The van der Waals surface area contributed by atoms with Crippen LogP contribution in [-0.2, 0) is 6.42 Å². The Morgan fingerprint density at radius 3 is 2.33 bits per heavy atom. The summed E-state index contributed by atoms with van der Waals surface area (Å²) in [7, 11) is 0. The van der Waals surface area contributed by atoms with Crippen molar-refractivity contribution in [2.24, 2.45) is 0 Å². The molecule has 0 aliphatic carbocycles. The third-order valence-electron chi connectivity index (χ3n) is 1.97. The van der Waals surface area contributed by atoms with Gasteiger partial charge in [0.05, 0.1) is 5.92 Å². The molecular weight excluding hydrogens is 144 g/mol. The number of rotatable bonds is 3. The van der Waals surface area contributed by atoms with Crippen LogP contribution in [0.4, 0.5) is 0 Å². The largest absolute Gasteiger partial charge is 0.106 e. The normalized spacial score (nSPS) is 9.50. The van der Waals surface area contributed by atoms with Crippen LogP contribution in [0.2, 0.25) is 0 Å². The van der Waals surface area contributed by atoms with Gasteiger partial charge in [0.1, 0.15) is 5.57 Å². The lowest BCUT2D eigenvalue weighted by Crippen LogP contribution is -1.94. The lowest BCUT2D eigenvalue weighted by atomic mass is 9.98. The Morgan fingerprint density at radius 2 is 1.83 bits per heavy atom. The molecule has 62 valence electrons. The minimum absolute atomic E-state index is 0.975. The van der Waals surface area contributed by atoms with Crippen LogP contribution in [0.25, 0.3) is 0 Å². The van der Waals surface area contributed by atoms with Gasteiger partial charge in [-0.2, -0.15) is 0 Å². The molecule has 0 spiro atoms. The average molecular weight is 159 g/mol. The molecule has 0 saturated heterocycles. The molecule has 1 aromatic carbocycles. The maximum Gasteiger partial charge on any atom is 0.106 e. The van der Waals surface area contributed by atoms with E-state index in [1.165, 1.54) is 17.1 Å². The van der Waals surface area contributed by atoms with Crippen molar-refractivity contribution in [2.45, 2.75) is 20.3 Å². The summed E-state index contributed by atoms with van der Waals surface area (Å²) in [5.41, 5.74) is 2.56. The molecule has 0 fully saturated rings. The van der Waals surface area contributed by atoms with E-state index in [4.69, 9.17) is 0 Å². The first-order valence-electron chi connectivity index (χ1n) is 4.22. The Balaban J connectivity index is 2.59. The Hall–Kier alpha value is -1.17. The fourth-order valence-electron chi connectivity index (χ4n) is 1.02. The minimum atomic E-state index is 0.975. The maximum atomic E-state index is 4.01. The van der Waals surface area contributed by atoms with Gasteiger partial charge in [0.2, 0.25) is 0 Å². The molecule has 0 aromatic heterocycles. The van der Waals surface area contributed by atoms with Crippen LogP contribution in [0.3, 0.4) is 0 Å². The summed E-state index contributed by atoms with van der Waals surface area (Å²) in [6, 6.07) is 10.4. The molecule has 0 heteroatoms. The van der Waals surface area contributed by atoms with Crippen molar-refractivity contribution in [2.75, 3.05) is 0 Å². The first kappa shape index (κ1) is 8.92. The van der Waals surface area contributed by atoms with Crippen LogP contribution in [0, 0.1) is 5.92 Å². The zero-order chi connectivity index (χ0) is 8.97. The highest BCUT2D eigenvalue weighted by Gasteiger charge is 2.08. The Kier molecular flexibility index (Phi) is 2.98. The van der Waals surface area contributed by atoms with Gasteiger partial charge in [-0.05, 0) is 5.56 Å². The standard InChI is InChI=1S/C12H15/c1-10(2)11(3)9-12-7-5-4-6-8-12/h4-8H,3,9H2,1-2H3/q+1. The summed E-state index contributed by atoms with van der Waals surface area (Å²) in [5.74, 6) is 1.32. The zero-order valence-electron chi connectivity index (χ0n) is 7.80. The van der Waals surface area contributed by atoms with E-state index in [0.717, 1.165) is 6.42 Å². The van der Waals surface area contributed by atoms with Crippen LogP contribution in [0.1, 0.15) is 19.4 Å². The van der Waals surface area contributed by atoms with E-state index in [1.807, 2.05) is 6.07 Å². The number of allylic oxidation sites excluding steroid dienone is 1. The molecule has 1 rings (SSSR count). The fraction of sp³-hybridized carbons (Fsp3) is 0.250. The number of benzene rings is 1. The highest BCUT2D eigenvalue weighted by Crippen LogP contribution is 2.14. The second kappa shape index (κ2) is 4.01. The van der Waals surface area contributed by atoms with Crippen molar-refractivity contribution in [3.63, 3.8) is 0 Å². The van der Waals surface area contributed by atoms with Crippen molar-refractivity contribution >= 4 is 0 Å². The summed E-state index contributed by atoms with van der Waals surface area (Å²) in [5, 5.41) is 0. The molecular formula is C12H15+. The predicted octanol–water partition coefficient (Wildman–Crippen LogP) is 3.40. The average Bonchev–Trinajstić information content (AvgIpc) is 2.06. The van der Waals surface area contributed by atoms with Crippen LogP contribution in [0.15, 0.2) is 42.5 Å². The molecule has 0 atom stereocenters. The number of hydrogen-bond acceptors (Lipinski definition) is 0. The first-order chi connectivity index (χ1) is 5.70. The summed E-state index contributed by atoms with van der Waals surface area (Å²) >= 11 is 0. The Labute approximate surface area is 74.9 Å². The van der Waals surface area contributed by atoms with E-state index in [1.54, 1.807) is 0 Å². The van der Waals surface area contributed by atoms with E-state index in [0.29, 0.717) is 0 Å². The molecule has 0 unspecified atom stereocenters. The molecule has 12 heavy (non-hydrogen) atoms. The Morgan fingerprint density at radius 1 is 1.25 bits per heavy atom. The van der Waals surface area contributed by atoms with Gasteiger partial charge >= 0.3 is 0 Å². The van der Waals surface area contributed by atoms with Crippen LogP contribution >= 0.6 is 0 Å². The van der Waals surface area contributed by atoms with E-state index in [-0.39, 0.29) is 0 Å². The van der Waals surface area contributed by atoms with E-state index in [9.17, 15) is 0 Å². The number of hydrogen-bond donors (Lipinski definition) is 0. The highest BCUT2D eigenvalue weighted by atomic mass is 14.1. The third-order valence-corrected chi connectivity index (χ3v) is 1.97. The second-order valence-electron chi connectivity index (χ2n) is 3.27. The monoisotopic (exact) mass is 159 g/mol. The van der Waals surface area contributed by atoms with E-state index < -0.39 is 0 Å². The van der Waals surface area contributed by atoms with Crippen LogP contribution in [-0.4, -0.2) is 0 Å². The molecule has 0 nitrogen and oxygen atoms in total. The van der Waals surface area contributed by atoms with Gasteiger partial charge in [0, 0.05) is 26.8 Å². The van der Waals surface area contributed by atoms with Crippen molar-refractivity contribution in [1.29, 1.82) is 0 Å². The van der Waals surface area contributed by atoms with Gasteiger partial charge in [-0.15, -0.1) is 0 Å². The summed E-state index contributed by atoms with van der Waals surface area (Å²) < 4.78 is 0. The van der Waals surface area contributed by atoms with Crippen molar-refractivity contribution in [3.05, 3.63) is 54.0 Å². The fourth-order valence-corrected chi connectivity index (χ4v) is 1.02. The van der Waals surface area contributed by atoms with Crippen LogP contribution < -0.4 is 0 Å². The molecule has 0 saturated carbocycles. The van der Waals surface area contributed by atoms with Crippen molar-refractivity contribution < 1.29 is 0 Å². The summed E-state index contributed by atoms with van der Waals surface area (Å²) in [6.45, 7) is 8.22. The zero-order valence-corrected chi connectivity index (χ0v) is 7.80. The predicted molar refractivity (Wildman–Crippen MR) is 53.9 cm³/mol. The van der Waals surface area contributed by atoms with Gasteiger partial charge in [0.15, 0.2) is 0 Å². The minimum Gasteiger partial charge on any atom is -0.0622 e. The maximum absolute atomic E-state index is 4.01. The molecule has 0 aliphatic heterocycles. The lowest BCUT2D eigenvalue weighted by Gasteiger charge is -2.01. The van der Waals surface area contributed by atoms with Crippen molar-refractivity contribution in [3.8, 4) is 0 Å². The van der Waals surface area contributed by atoms with Gasteiger partial charge < -0.3 is 0 Å². The summed E-state index contributed by atoms with van der Waals surface area (Å²) in [6.07, 6.45) is 0.975. The van der Waals surface area contributed by atoms with E-state index in [2.05, 4.69) is 44.7 Å². The second-order valence-corrected chi connectivity index (χ2v) is 3.27. The molecule has 0 aliphatic rings. The van der Waals surface area contributed by atoms with Gasteiger partial charge in [-0.25, -0.2) is 0 Å². The SMILES string of the molecule is C=C(Cc1ccccc1)[C+](C)C. The topological polar surface area (TPSA) is 0 Å². The van der Waals surface area contributed by atoms with Gasteiger partial charge in [0.25, 0.3) is 0 Å². The smallest absolute Gasteiger partial charge is 0.0622 e. The lowest BCUT2D eigenvalue weighted by molar-refractivity contribution is 1.03. The molecule has 0 amide bonds. The van der Waals surface area contributed by atoms with Gasteiger partial charge in [-0.1, -0.05) is 30.3 Å². The summed E-state index contributed by atoms with van der Waals surface area (Å²) in [4.78, 5) is 0. The quantitative estimate of drug-likeness (QED) is 0.593. The molecule has 0 radical (unpaired) electrons. The van der Waals surface area contributed by atoms with Crippen LogP contribution in [0.5, 0.6) is 0 Å².